The van der Waals surface area contributed by atoms with E-state index in [0.29, 0.717) is 23.2 Å². The first-order valence-electron chi connectivity index (χ1n) is 14.2. The van der Waals surface area contributed by atoms with Gasteiger partial charge in [0.05, 0.1) is 18.6 Å². The summed E-state index contributed by atoms with van der Waals surface area (Å²) in [6.07, 6.45) is 13.8. The highest BCUT2D eigenvalue weighted by atomic mass is 16.5. The van der Waals surface area contributed by atoms with Gasteiger partial charge in [0.25, 0.3) is 0 Å². The molecule has 1 N–H and O–H groups in total. The Morgan fingerprint density at radius 1 is 0.912 bits per heavy atom. The molecule has 0 aromatic rings. The summed E-state index contributed by atoms with van der Waals surface area (Å²) in [5.74, 6) is 1.72. The molecule has 0 amide bonds. The van der Waals surface area contributed by atoms with Crippen LogP contribution >= 0.6 is 0 Å². The Morgan fingerprint density at radius 3 is 2.26 bits per heavy atom. The Balaban J connectivity index is 1.56. The zero-order valence-electron chi connectivity index (χ0n) is 23.2. The van der Waals surface area contributed by atoms with Gasteiger partial charge >= 0.3 is 5.97 Å². The minimum absolute atomic E-state index is 0.00391. The van der Waals surface area contributed by atoms with Gasteiger partial charge in [0.1, 0.15) is 0 Å². The maximum atomic E-state index is 12.8. The molecule has 0 aliphatic heterocycles. The fourth-order valence-corrected chi connectivity index (χ4v) is 10.8. The van der Waals surface area contributed by atoms with Crippen LogP contribution in [0.3, 0.4) is 0 Å². The third-order valence-electron chi connectivity index (χ3n) is 13.5. The summed E-state index contributed by atoms with van der Waals surface area (Å²) >= 11 is 0. The lowest BCUT2D eigenvalue weighted by Crippen LogP contribution is -2.64. The summed E-state index contributed by atoms with van der Waals surface area (Å²) in [4.78, 5) is 12.8. The van der Waals surface area contributed by atoms with Gasteiger partial charge < -0.3 is 9.84 Å². The van der Waals surface area contributed by atoms with Crippen LogP contribution in [0.1, 0.15) is 113 Å². The SMILES string of the molecule is COC(=O)C1(C)CC[C@]2(C)CC[C@]3(C)C(=CC[C@@H]4[C@@]5(C)CC[C@H](O)C(C)(C)C5CC[C@]43C)[C@@H]2C1. The number of esters is 1. The van der Waals surface area contributed by atoms with Crippen molar-refractivity contribution >= 4 is 5.97 Å². The number of hydrogen-bond acceptors (Lipinski definition) is 3. The fourth-order valence-electron chi connectivity index (χ4n) is 10.8. The van der Waals surface area contributed by atoms with Crippen LogP contribution in [0.5, 0.6) is 0 Å². The van der Waals surface area contributed by atoms with Crippen molar-refractivity contribution in [3.8, 4) is 0 Å². The van der Waals surface area contributed by atoms with E-state index in [4.69, 9.17) is 4.74 Å². The van der Waals surface area contributed by atoms with E-state index in [-0.39, 0.29) is 39.1 Å². The maximum Gasteiger partial charge on any atom is 0.311 e. The highest BCUT2D eigenvalue weighted by Gasteiger charge is 2.68. The van der Waals surface area contributed by atoms with E-state index in [1.54, 1.807) is 12.7 Å². The Kier molecular flexibility index (Phi) is 5.38. The van der Waals surface area contributed by atoms with Gasteiger partial charge in [0.15, 0.2) is 0 Å². The Bertz CT molecular complexity index is 904. The minimum Gasteiger partial charge on any atom is -0.469 e. The normalized spacial score (nSPS) is 54.0. The topological polar surface area (TPSA) is 46.5 Å². The molecule has 34 heavy (non-hydrogen) atoms. The van der Waals surface area contributed by atoms with Gasteiger partial charge in [-0.3, -0.25) is 4.79 Å². The number of carbonyl (C=O) groups excluding carboxylic acids is 1. The molecule has 5 rings (SSSR count). The summed E-state index contributed by atoms with van der Waals surface area (Å²) in [6, 6.07) is 0. The molecule has 5 aliphatic carbocycles. The monoisotopic (exact) mass is 470 g/mol. The Labute approximate surface area is 208 Å². The summed E-state index contributed by atoms with van der Waals surface area (Å²) in [5.41, 5.74) is 2.39. The smallest absolute Gasteiger partial charge is 0.311 e. The molecule has 0 saturated heterocycles. The van der Waals surface area contributed by atoms with Crippen LogP contribution in [0.15, 0.2) is 11.6 Å². The molecule has 4 saturated carbocycles. The van der Waals surface area contributed by atoms with Gasteiger partial charge in [0.2, 0.25) is 0 Å². The first-order valence-corrected chi connectivity index (χ1v) is 14.2. The van der Waals surface area contributed by atoms with Crippen LogP contribution in [-0.2, 0) is 9.53 Å². The second kappa shape index (κ2) is 7.36. The average molecular weight is 471 g/mol. The molecule has 0 heterocycles. The van der Waals surface area contributed by atoms with Crippen LogP contribution in [0.25, 0.3) is 0 Å². The predicted molar refractivity (Wildman–Crippen MR) is 137 cm³/mol. The molecule has 5 aliphatic rings. The average Bonchev–Trinajstić information content (AvgIpc) is 2.77. The van der Waals surface area contributed by atoms with Crippen molar-refractivity contribution < 1.29 is 14.6 Å². The number of fused-ring (bicyclic) bond motifs is 7. The molecule has 2 unspecified atom stereocenters. The van der Waals surface area contributed by atoms with Crippen molar-refractivity contribution in [2.75, 3.05) is 7.11 Å². The fraction of sp³-hybridized carbons (Fsp3) is 0.903. The number of allylic oxidation sites excluding steroid dienone is 2. The molecule has 0 bridgehead atoms. The van der Waals surface area contributed by atoms with Crippen molar-refractivity contribution in [1.82, 2.24) is 0 Å². The largest absolute Gasteiger partial charge is 0.469 e. The third-order valence-corrected chi connectivity index (χ3v) is 13.5. The molecule has 192 valence electrons. The van der Waals surface area contributed by atoms with Gasteiger partial charge in [-0.25, -0.2) is 0 Å². The van der Waals surface area contributed by atoms with Crippen LogP contribution in [0, 0.1) is 50.2 Å². The summed E-state index contributed by atoms with van der Waals surface area (Å²) in [6.45, 7) is 17.1. The number of aliphatic hydroxyl groups excluding tert-OH is 1. The van der Waals surface area contributed by atoms with Gasteiger partial charge in [0, 0.05) is 0 Å². The molecular weight excluding hydrogens is 420 g/mol. The number of carbonyl (C=O) groups is 1. The number of methoxy groups -OCH3 is 1. The van der Waals surface area contributed by atoms with Crippen molar-refractivity contribution in [2.45, 2.75) is 119 Å². The second-order valence-corrected chi connectivity index (χ2v) is 15.1. The molecule has 0 aromatic heterocycles. The van der Waals surface area contributed by atoms with Crippen LogP contribution in [-0.4, -0.2) is 24.3 Å². The lowest BCUT2D eigenvalue weighted by molar-refractivity contribution is -0.203. The van der Waals surface area contributed by atoms with Crippen molar-refractivity contribution in [3.05, 3.63) is 11.6 Å². The molecule has 3 nitrogen and oxygen atoms in total. The quantitative estimate of drug-likeness (QED) is 0.322. The van der Waals surface area contributed by atoms with E-state index in [0.717, 1.165) is 32.1 Å². The van der Waals surface area contributed by atoms with E-state index in [1.165, 1.54) is 32.1 Å². The number of aliphatic hydroxyl groups is 1. The molecule has 0 aromatic carbocycles. The predicted octanol–water partition coefficient (Wildman–Crippen LogP) is 7.32. The molecule has 0 spiro atoms. The van der Waals surface area contributed by atoms with Gasteiger partial charge in [-0.2, -0.15) is 0 Å². The van der Waals surface area contributed by atoms with E-state index in [1.807, 2.05) is 0 Å². The Morgan fingerprint density at radius 2 is 1.59 bits per heavy atom. The zero-order valence-corrected chi connectivity index (χ0v) is 23.2. The van der Waals surface area contributed by atoms with Gasteiger partial charge in [-0.1, -0.05) is 53.2 Å². The maximum absolute atomic E-state index is 12.8. The molecule has 4 fully saturated rings. The van der Waals surface area contributed by atoms with Crippen molar-refractivity contribution in [3.63, 3.8) is 0 Å². The molecule has 3 heteroatoms. The first kappa shape index (κ1) is 24.8. The molecule has 9 atom stereocenters. The van der Waals surface area contributed by atoms with Crippen molar-refractivity contribution in [2.24, 2.45) is 50.2 Å². The van der Waals surface area contributed by atoms with Gasteiger partial charge in [-0.15, -0.1) is 0 Å². The number of hydrogen-bond donors (Lipinski definition) is 1. The van der Waals surface area contributed by atoms with Crippen LogP contribution in [0.4, 0.5) is 0 Å². The highest BCUT2D eigenvalue weighted by molar-refractivity contribution is 5.76. The van der Waals surface area contributed by atoms with E-state index in [9.17, 15) is 9.90 Å². The van der Waals surface area contributed by atoms with Crippen molar-refractivity contribution in [1.29, 1.82) is 0 Å². The Hall–Kier alpha value is -0.830. The summed E-state index contributed by atoms with van der Waals surface area (Å²) < 4.78 is 5.29. The minimum atomic E-state index is -0.358. The number of ether oxygens (including phenoxy) is 1. The molecular formula is C31H50O3. The second-order valence-electron chi connectivity index (χ2n) is 15.1. The zero-order chi connectivity index (χ0) is 24.9. The summed E-state index contributed by atoms with van der Waals surface area (Å²) in [7, 11) is 1.56. The highest BCUT2D eigenvalue weighted by Crippen LogP contribution is 2.75. The third kappa shape index (κ3) is 2.94. The number of rotatable bonds is 1. The first-order chi connectivity index (χ1) is 15.7. The van der Waals surface area contributed by atoms with E-state index < -0.39 is 0 Å². The van der Waals surface area contributed by atoms with Crippen LogP contribution < -0.4 is 0 Å². The molecule has 0 radical (unpaired) electrons. The lowest BCUT2D eigenvalue weighted by Gasteiger charge is -2.71. The van der Waals surface area contributed by atoms with Crippen LogP contribution in [0.2, 0.25) is 0 Å². The summed E-state index contributed by atoms with van der Waals surface area (Å²) in [5, 5.41) is 10.9. The standard InChI is InChI=1S/C31H50O3/c1-26(2)22-11-14-31(7)23(29(22,5)13-12-24(26)32)10-9-20-21-19-28(4,25(33)34-8)16-15-27(21,3)17-18-30(20,31)6/h9,21-24,32H,10-19H2,1-8H3/t21-,22?,23+,24-,27+,28?,29-,30+,31+/m0/s1. The lowest BCUT2D eigenvalue weighted by atomic mass is 9.33. The van der Waals surface area contributed by atoms with Gasteiger partial charge in [-0.05, 0) is 116 Å². The van der Waals surface area contributed by atoms with E-state index in [2.05, 4.69) is 54.5 Å². The van der Waals surface area contributed by atoms with E-state index >= 15 is 0 Å².